The average Bonchev–Trinajstić information content (AvgIpc) is 2.88. The standard InChI is InChI=1S/C26H23N3O4S/c1-33-16-15-27-24(31)19-11-13-20(14-12-19)29-25(32)21-9-5-6-10-22(21)28-26(29)34-17-23(30)18-7-3-2-4-8-18/h2-14H,15-17H2,1H3,(H,27,31). The van der Waals surface area contributed by atoms with Gasteiger partial charge in [-0.2, -0.15) is 0 Å². The molecule has 7 nitrogen and oxygen atoms in total. The summed E-state index contributed by atoms with van der Waals surface area (Å²) in [4.78, 5) is 43.0. The number of ketones is 1. The first-order valence-electron chi connectivity index (χ1n) is 10.7. The Bertz CT molecular complexity index is 1370. The van der Waals surface area contributed by atoms with Gasteiger partial charge in [-0.05, 0) is 36.4 Å². The molecule has 0 aliphatic heterocycles. The van der Waals surface area contributed by atoms with Crippen molar-refractivity contribution in [3.8, 4) is 5.69 Å². The molecule has 0 bridgehead atoms. The van der Waals surface area contributed by atoms with Crippen molar-refractivity contribution in [2.45, 2.75) is 5.16 Å². The molecule has 0 saturated heterocycles. The van der Waals surface area contributed by atoms with Gasteiger partial charge in [0.05, 0.1) is 29.0 Å². The number of nitrogens with zero attached hydrogens (tertiary/aromatic N) is 2. The predicted octanol–water partition coefficient (Wildman–Crippen LogP) is 3.74. The summed E-state index contributed by atoms with van der Waals surface area (Å²) in [7, 11) is 1.57. The third-order valence-electron chi connectivity index (χ3n) is 5.15. The molecule has 1 aromatic heterocycles. The van der Waals surface area contributed by atoms with E-state index in [9.17, 15) is 14.4 Å². The van der Waals surface area contributed by atoms with Crippen molar-refractivity contribution in [3.63, 3.8) is 0 Å². The Kier molecular flexibility index (Phi) is 7.51. The van der Waals surface area contributed by atoms with Crippen LogP contribution in [0.1, 0.15) is 20.7 Å². The Balaban J connectivity index is 1.67. The van der Waals surface area contributed by atoms with Gasteiger partial charge in [-0.25, -0.2) is 4.98 Å². The van der Waals surface area contributed by atoms with Gasteiger partial charge >= 0.3 is 0 Å². The fourth-order valence-corrected chi connectivity index (χ4v) is 4.31. The van der Waals surface area contributed by atoms with Crippen LogP contribution in [-0.4, -0.2) is 47.3 Å². The lowest BCUT2D eigenvalue weighted by Gasteiger charge is -2.13. The Morgan fingerprint density at radius 2 is 1.65 bits per heavy atom. The van der Waals surface area contributed by atoms with Crippen LogP contribution in [0.3, 0.4) is 0 Å². The Hall–Kier alpha value is -3.75. The number of aromatic nitrogens is 2. The van der Waals surface area contributed by atoms with E-state index in [2.05, 4.69) is 10.3 Å². The van der Waals surface area contributed by atoms with E-state index in [-0.39, 0.29) is 23.0 Å². The molecule has 0 saturated carbocycles. The molecule has 0 unspecified atom stereocenters. The largest absolute Gasteiger partial charge is 0.383 e. The van der Waals surface area contributed by atoms with Crippen LogP contribution < -0.4 is 10.9 Å². The second-order valence-electron chi connectivity index (χ2n) is 7.43. The van der Waals surface area contributed by atoms with Crippen molar-refractivity contribution < 1.29 is 14.3 Å². The van der Waals surface area contributed by atoms with Gasteiger partial charge in [-0.1, -0.05) is 54.2 Å². The zero-order chi connectivity index (χ0) is 23.9. The highest BCUT2D eigenvalue weighted by molar-refractivity contribution is 7.99. The second-order valence-corrected chi connectivity index (χ2v) is 8.37. The smallest absolute Gasteiger partial charge is 0.266 e. The summed E-state index contributed by atoms with van der Waals surface area (Å²) in [6.45, 7) is 0.825. The van der Waals surface area contributed by atoms with E-state index in [1.807, 2.05) is 24.3 Å². The van der Waals surface area contributed by atoms with Crippen LogP contribution in [0, 0.1) is 0 Å². The predicted molar refractivity (Wildman–Crippen MR) is 133 cm³/mol. The van der Waals surface area contributed by atoms with Gasteiger partial charge < -0.3 is 10.1 Å². The molecule has 4 aromatic rings. The van der Waals surface area contributed by atoms with E-state index >= 15 is 0 Å². The maximum Gasteiger partial charge on any atom is 0.266 e. The number of hydrogen-bond acceptors (Lipinski definition) is 6. The number of nitrogens with one attached hydrogen (secondary N) is 1. The minimum atomic E-state index is -0.238. The maximum absolute atomic E-state index is 13.4. The molecule has 172 valence electrons. The topological polar surface area (TPSA) is 90.3 Å². The molecule has 0 aliphatic rings. The zero-order valence-corrected chi connectivity index (χ0v) is 19.4. The molecule has 0 fully saturated rings. The van der Waals surface area contributed by atoms with Crippen LogP contribution in [0.25, 0.3) is 16.6 Å². The highest BCUT2D eigenvalue weighted by Gasteiger charge is 2.16. The lowest BCUT2D eigenvalue weighted by Crippen LogP contribution is -2.27. The number of methoxy groups -OCH3 is 1. The summed E-state index contributed by atoms with van der Waals surface area (Å²) >= 11 is 1.21. The van der Waals surface area contributed by atoms with Crippen LogP contribution in [-0.2, 0) is 4.74 Å². The van der Waals surface area contributed by atoms with Crippen molar-refractivity contribution in [3.05, 3.63) is 100 Å². The maximum atomic E-state index is 13.4. The average molecular weight is 474 g/mol. The molecule has 0 aliphatic carbocycles. The first-order valence-corrected chi connectivity index (χ1v) is 11.7. The summed E-state index contributed by atoms with van der Waals surface area (Å²) in [6, 6.07) is 22.8. The van der Waals surface area contributed by atoms with Gasteiger partial charge in [-0.3, -0.25) is 19.0 Å². The van der Waals surface area contributed by atoms with E-state index in [1.165, 1.54) is 16.3 Å². The number of rotatable bonds is 9. The minimum Gasteiger partial charge on any atom is -0.383 e. The molecule has 1 heterocycles. The molecule has 0 atom stereocenters. The molecule has 0 radical (unpaired) electrons. The van der Waals surface area contributed by atoms with E-state index in [1.54, 1.807) is 61.7 Å². The number of carbonyl (C=O) groups excluding carboxylic acids is 2. The SMILES string of the molecule is COCCNC(=O)c1ccc(-n2c(SCC(=O)c3ccccc3)nc3ccccc3c2=O)cc1. The number of ether oxygens (including phenoxy) is 1. The van der Waals surface area contributed by atoms with Crippen LogP contribution in [0.5, 0.6) is 0 Å². The zero-order valence-electron chi connectivity index (χ0n) is 18.6. The quantitative estimate of drug-likeness (QED) is 0.172. The molecule has 0 spiro atoms. The van der Waals surface area contributed by atoms with Gasteiger partial charge in [-0.15, -0.1) is 0 Å². The molecule has 3 aromatic carbocycles. The fraction of sp³-hybridized carbons (Fsp3) is 0.154. The van der Waals surface area contributed by atoms with Crippen LogP contribution in [0.15, 0.2) is 88.8 Å². The van der Waals surface area contributed by atoms with Crippen molar-refractivity contribution in [1.82, 2.24) is 14.9 Å². The van der Waals surface area contributed by atoms with Gasteiger partial charge in [0.2, 0.25) is 0 Å². The van der Waals surface area contributed by atoms with Crippen molar-refractivity contribution in [2.24, 2.45) is 0 Å². The van der Waals surface area contributed by atoms with Crippen LogP contribution >= 0.6 is 11.8 Å². The monoisotopic (exact) mass is 473 g/mol. The first kappa shape index (κ1) is 23.4. The van der Waals surface area contributed by atoms with Crippen LogP contribution in [0.4, 0.5) is 0 Å². The van der Waals surface area contributed by atoms with Gasteiger partial charge in [0, 0.05) is 24.8 Å². The number of carbonyl (C=O) groups is 2. The lowest BCUT2D eigenvalue weighted by atomic mass is 10.2. The van der Waals surface area contributed by atoms with E-state index in [0.717, 1.165) is 0 Å². The molecule has 1 N–H and O–H groups in total. The molecular formula is C26H23N3O4S. The van der Waals surface area contributed by atoms with Crippen molar-refractivity contribution in [2.75, 3.05) is 26.0 Å². The van der Waals surface area contributed by atoms with E-state index < -0.39 is 0 Å². The minimum absolute atomic E-state index is 0.0531. The van der Waals surface area contributed by atoms with E-state index in [0.29, 0.717) is 46.0 Å². The van der Waals surface area contributed by atoms with Gasteiger partial charge in [0.15, 0.2) is 10.9 Å². The number of thioether (sulfide) groups is 1. The Morgan fingerprint density at radius 1 is 0.941 bits per heavy atom. The van der Waals surface area contributed by atoms with E-state index in [4.69, 9.17) is 4.74 Å². The van der Waals surface area contributed by atoms with Crippen molar-refractivity contribution >= 4 is 34.4 Å². The normalized spacial score (nSPS) is 10.9. The fourth-order valence-electron chi connectivity index (χ4n) is 3.40. The molecule has 4 rings (SSSR count). The first-order chi connectivity index (χ1) is 16.6. The summed E-state index contributed by atoms with van der Waals surface area (Å²) < 4.78 is 6.43. The lowest BCUT2D eigenvalue weighted by molar-refractivity contribution is 0.0936. The number of benzene rings is 3. The number of hydrogen-bond donors (Lipinski definition) is 1. The summed E-state index contributed by atoms with van der Waals surface area (Å²) in [5.74, 6) is -0.146. The molecule has 8 heteroatoms. The summed E-state index contributed by atoms with van der Waals surface area (Å²) in [5.41, 5.74) is 1.96. The third kappa shape index (κ3) is 5.24. The number of para-hydroxylation sites is 1. The molecular weight excluding hydrogens is 450 g/mol. The summed E-state index contributed by atoms with van der Waals surface area (Å²) in [5, 5.41) is 3.65. The number of fused-ring (bicyclic) bond motifs is 1. The highest BCUT2D eigenvalue weighted by atomic mass is 32.2. The van der Waals surface area contributed by atoms with Gasteiger partial charge in [0.25, 0.3) is 11.5 Å². The third-order valence-corrected chi connectivity index (χ3v) is 6.09. The number of amides is 1. The second kappa shape index (κ2) is 10.9. The summed E-state index contributed by atoms with van der Waals surface area (Å²) in [6.07, 6.45) is 0. The molecule has 34 heavy (non-hydrogen) atoms. The Morgan fingerprint density at radius 3 is 2.38 bits per heavy atom. The number of Topliss-reactive ketones (excluding diaryl/α,β-unsaturated/α-hetero) is 1. The van der Waals surface area contributed by atoms with Gasteiger partial charge in [0.1, 0.15) is 0 Å². The van der Waals surface area contributed by atoms with Crippen LogP contribution in [0.2, 0.25) is 0 Å². The van der Waals surface area contributed by atoms with Crippen molar-refractivity contribution in [1.29, 1.82) is 0 Å². The highest BCUT2D eigenvalue weighted by Crippen LogP contribution is 2.22. The Labute approximate surface area is 200 Å². The molecule has 1 amide bonds.